The van der Waals surface area contributed by atoms with Crippen molar-refractivity contribution in [3.8, 4) is 10.6 Å². The molecule has 3 aromatic rings. The molecule has 0 aliphatic carbocycles. The minimum absolute atomic E-state index is 0.441. The fraction of sp³-hybridized carbons (Fsp3) is 0.353. The van der Waals surface area contributed by atoms with Crippen LogP contribution in [0, 0.1) is 6.92 Å². The molecular weight excluding hydrogens is 311 g/mol. The van der Waals surface area contributed by atoms with E-state index in [1.54, 1.807) is 11.3 Å². The highest BCUT2D eigenvalue weighted by atomic mass is 32.1. The van der Waals surface area contributed by atoms with Gasteiger partial charge in [0.15, 0.2) is 5.65 Å². The maximum absolute atomic E-state index is 13.5. The Morgan fingerprint density at radius 3 is 2.91 bits per heavy atom. The maximum atomic E-state index is 13.5. The number of rotatable bonds is 2. The third-order valence-corrected chi connectivity index (χ3v) is 5.13. The van der Waals surface area contributed by atoms with E-state index in [0.29, 0.717) is 13.0 Å². The largest absolute Gasteiger partial charge is 0.354 e. The van der Waals surface area contributed by atoms with Gasteiger partial charge in [-0.05, 0) is 44.0 Å². The number of aromatic nitrogens is 3. The molecule has 0 saturated carbocycles. The Morgan fingerprint density at radius 1 is 1.22 bits per heavy atom. The monoisotopic (exact) mass is 328 g/mol. The van der Waals surface area contributed by atoms with Crippen LogP contribution in [0.2, 0.25) is 0 Å². The molecule has 1 atom stereocenters. The zero-order valence-corrected chi connectivity index (χ0v) is 13.7. The van der Waals surface area contributed by atoms with Gasteiger partial charge < -0.3 is 4.90 Å². The van der Waals surface area contributed by atoms with E-state index in [1.165, 1.54) is 0 Å². The lowest BCUT2D eigenvalue weighted by molar-refractivity contribution is 0.286. The Kier molecular flexibility index (Phi) is 3.69. The van der Waals surface area contributed by atoms with E-state index in [9.17, 15) is 4.39 Å². The number of hydrogen-bond donors (Lipinski definition) is 0. The number of fused-ring (bicyclic) bond motifs is 1. The van der Waals surface area contributed by atoms with Crippen LogP contribution in [0.25, 0.3) is 20.9 Å². The average molecular weight is 328 g/mol. The van der Waals surface area contributed by atoms with Crippen LogP contribution >= 0.6 is 11.3 Å². The molecule has 4 nitrogen and oxygen atoms in total. The van der Waals surface area contributed by atoms with E-state index in [-0.39, 0.29) is 0 Å². The SMILES string of the molecule is Cc1ccc2sc(-c3ccc(N4CCCC(F)C4)nc3)nc2n1. The summed E-state index contributed by atoms with van der Waals surface area (Å²) in [5, 5.41) is 0.916. The Morgan fingerprint density at radius 2 is 2.13 bits per heavy atom. The lowest BCUT2D eigenvalue weighted by Crippen LogP contribution is -2.36. The van der Waals surface area contributed by atoms with Gasteiger partial charge in [-0.15, -0.1) is 11.3 Å². The molecule has 1 unspecified atom stereocenters. The van der Waals surface area contributed by atoms with E-state index in [1.807, 2.05) is 36.2 Å². The molecular formula is C17H17FN4S. The standard InChI is InChI=1S/C17H17FN4S/c1-11-4-6-14-16(20-11)21-17(23-14)12-5-7-15(19-9-12)22-8-2-3-13(18)10-22/h4-7,9,13H,2-3,8,10H2,1H3. The topological polar surface area (TPSA) is 41.9 Å². The molecule has 1 aliphatic heterocycles. The van der Waals surface area contributed by atoms with Crippen LogP contribution in [0.5, 0.6) is 0 Å². The van der Waals surface area contributed by atoms with Crippen LogP contribution < -0.4 is 4.90 Å². The second-order valence-corrected chi connectivity index (χ2v) is 6.91. The van der Waals surface area contributed by atoms with Gasteiger partial charge in [-0.3, -0.25) is 0 Å². The van der Waals surface area contributed by atoms with Crippen LogP contribution in [0.3, 0.4) is 0 Å². The predicted octanol–water partition coefficient (Wildman–Crippen LogP) is 4.00. The number of piperidine rings is 1. The van der Waals surface area contributed by atoms with Gasteiger partial charge in [-0.2, -0.15) is 0 Å². The van der Waals surface area contributed by atoms with Crippen LogP contribution in [-0.2, 0) is 0 Å². The summed E-state index contributed by atoms with van der Waals surface area (Å²) in [6.07, 6.45) is 2.62. The van der Waals surface area contributed by atoms with Gasteiger partial charge in [0.25, 0.3) is 0 Å². The van der Waals surface area contributed by atoms with Gasteiger partial charge >= 0.3 is 0 Å². The van der Waals surface area contributed by atoms with Crippen molar-refractivity contribution in [1.82, 2.24) is 15.0 Å². The normalized spacial score (nSPS) is 18.5. The van der Waals surface area contributed by atoms with E-state index in [4.69, 9.17) is 0 Å². The summed E-state index contributed by atoms with van der Waals surface area (Å²) in [5.74, 6) is 0.839. The molecule has 1 fully saturated rings. The van der Waals surface area contributed by atoms with Crippen molar-refractivity contribution in [2.45, 2.75) is 25.9 Å². The molecule has 0 aromatic carbocycles. The number of aryl methyl sites for hydroxylation is 1. The maximum Gasteiger partial charge on any atom is 0.171 e. The molecule has 0 radical (unpaired) electrons. The van der Waals surface area contributed by atoms with E-state index >= 15 is 0 Å². The second-order valence-electron chi connectivity index (χ2n) is 5.88. The number of anilines is 1. The molecule has 23 heavy (non-hydrogen) atoms. The van der Waals surface area contributed by atoms with Gasteiger partial charge in [0.1, 0.15) is 17.0 Å². The second kappa shape index (κ2) is 5.85. The van der Waals surface area contributed by atoms with Gasteiger partial charge in [-0.1, -0.05) is 0 Å². The van der Waals surface area contributed by atoms with Crippen LogP contribution in [0.15, 0.2) is 30.5 Å². The van der Waals surface area contributed by atoms with Crippen molar-refractivity contribution in [2.75, 3.05) is 18.0 Å². The summed E-state index contributed by atoms with van der Waals surface area (Å²) >= 11 is 1.61. The van der Waals surface area contributed by atoms with Crippen molar-refractivity contribution in [1.29, 1.82) is 0 Å². The minimum atomic E-state index is -0.746. The number of halogens is 1. The van der Waals surface area contributed by atoms with E-state index in [0.717, 1.165) is 45.4 Å². The lowest BCUT2D eigenvalue weighted by atomic mass is 10.1. The number of pyridine rings is 2. The van der Waals surface area contributed by atoms with Crippen molar-refractivity contribution in [3.05, 3.63) is 36.2 Å². The third kappa shape index (κ3) is 2.91. The molecule has 4 heterocycles. The van der Waals surface area contributed by atoms with Gasteiger partial charge in [-0.25, -0.2) is 19.3 Å². The zero-order chi connectivity index (χ0) is 15.8. The van der Waals surface area contributed by atoms with Crippen LogP contribution in [0.1, 0.15) is 18.5 Å². The number of thiazole rings is 1. The lowest BCUT2D eigenvalue weighted by Gasteiger charge is -2.29. The summed E-state index contributed by atoms with van der Waals surface area (Å²) in [6, 6.07) is 8.01. The van der Waals surface area contributed by atoms with Crippen molar-refractivity contribution >= 4 is 27.5 Å². The molecule has 0 spiro atoms. The summed E-state index contributed by atoms with van der Waals surface area (Å²) in [6.45, 7) is 3.28. The molecule has 6 heteroatoms. The molecule has 4 rings (SSSR count). The van der Waals surface area contributed by atoms with Crippen molar-refractivity contribution in [3.63, 3.8) is 0 Å². The van der Waals surface area contributed by atoms with Gasteiger partial charge in [0, 0.05) is 24.0 Å². The third-order valence-electron chi connectivity index (χ3n) is 4.08. The first-order valence-corrected chi connectivity index (χ1v) is 8.60. The van der Waals surface area contributed by atoms with Crippen LogP contribution in [0.4, 0.5) is 10.2 Å². The fourth-order valence-electron chi connectivity index (χ4n) is 2.87. The summed E-state index contributed by atoms with van der Waals surface area (Å²) < 4.78 is 14.6. The highest BCUT2D eigenvalue weighted by Crippen LogP contribution is 2.30. The Balaban J connectivity index is 1.61. The number of hydrogen-bond acceptors (Lipinski definition) is 5. The highest BCUT2D eigenvalue weighted by Gasteiger charge is 2.20. The number of nitrogens with zero attached hydrogens (tertiary/aromatic N) is 4. The molecule has 3 aromatic heterocycles. The smallest absolute Gasteiger partial charge is 0.171 e. The summed E-state index contributed by atoms with van der Waals surface area (Å²) in [5.41, 5.74) is 2.72. The Labute approximate surface area is 138 Å². The first-order valence-electron chi connectivity index (χ1n) is 7.79. The Hall–Kier alpha value is -2.08. The highest BCUT2D eigenvalue weighted by molar-refractivity contribution is 7.21. The van der Waals surface area contributed by atoms with Gasteiger partial charge in [0.2, 0.25) is 0 Å². The quantitative estimate of drug-likeness (QED) is 0.713. The van der Waals surface area contributed by atoms with Crippen molar-refractivity contribution < 1.29 is 4.39 Å². The molecule has 0 N–H and O–H groups in total. The zero-order valence-electron chi connectivity index (χ0n) is 12.9. The average Bonchev–Trinajstić information content (AvgIpc) is 2.98. The molecule has 118 valence electrons. The summed E-state index contributed by atoms with van der Waals surface area (Å²) in [7, 11) is 0. The molecule has 1 aliphatic rings. The molecule has 0 bridgehead atoms. The Bertz CT molecular complexity index is 830. The first-order chi connectivity index (χ1) is 11.2. The van der Waals surface area contributed by atoms with E-state index in [2.05, 4.69) is 21.0 Å². The molecule has 0 amide bonds. The first kappa shape index (κ1) is 14.5. The molecule has 1 saturated heterocycles. The van der Waals surface area contributed by atoms with Crippen molar-refractivity contribution in [2.24, 2.45) is 0 Å². The van der Waals surface area contributed by atoms with Gasteiger partial charge in [0.05, 0.1) is 11.2 Å². The fourth-order valence-corrected chi connectivity index (χ4v) is 3.77. The summed E-state index contributed by atoms with van der Waals surface area (Å²) in [4.78, 5) is 15.6. The van der Waals surface area contributed by atoms with E-state index < -0.39 is 6.17 Å². The predicted molar refractivity (Wildman–Crippen MR) is 91.7 cm³/mol. The number of alkyl halides is 1. The minimum Gasteiger partial charge on any atom is -0.354 e. The van der Waals surface area contributed by atoms with Crippen LogP contribution in [-0.4, -0.2) is 34.2 Å².